The van der Waals surface area contributed by atoms with Gasteiger partial charge in [0.1, 0.15) is 41.2 Å². The van der Waals surface area contributed by atoms with Crippen LogP contribution in [0.3, 0.4) is 0 Å². The molecular weight excluding hydrogens is 1120 g/mol. The first kappa shape index (κ1) is 55.4. The van der Waals surface area contributed by atoms with E-state index in [9.17, 15) is 23.3 Å². The molecule has 5 fully saturated rings. The Morgan fingerprint density at radius 1 is 0.894 bits per heavy atom. The minimum absolute atomic E-state index is 0.00165. The van der Waals surface area contributed by atoms with Crippen molar-refractivity contribution < 1.29 is 55.3 Å². The number of amides is 1. The van der Waals surface area contributed by atoms with E-state index in [1.54, 1.807) is 12.3 Å². The lowest BCUT2D eigenvalue weighted by atomic mass is 9.59. The molecule has 6 aromatic rings. The Kier molecular flexibility index (Phi) is 14.4. The van der Waals surface area contributed by atoms with Crippen molar-refractivity contribution in [3.05, 3.63) is 117 Å². The van der Waals surface area contributed by atoms with E-state index in [0.717, 1.165) is 67.0 Å². The van der Waals surface area contributed by atoms with Crippen LogP contribution in [0, 0.1) is 33.1 Å². The Labute approximate surface area is 491 Å². The number of para-hydroxylation sites is 1. The molecule has 1 saturated carbocycles. The van der Waals surface area contributed by atoms with Crippen LogP contribution in [0.2, 0.25) is 0 Å². The summed E-state index contributed by atoms with van der Waals surface area (Å²) < 4.78 is 99.8. The van der Waals surface area contributed by atoms with Gasteiger partial charge in [-0.3, -0.25) is 19.8 Å². The molecule has 3 N–H and O–H groups in total. The van der Waals surface area contributed by atoms with Crippen molar-refractivity contribution >= 4 is 61.1 Å². The van der Waals surface area contributed by atoms with Crippen LogP contribution in [0.4, 0.5) is 42.9 Å². The molecule has 4 saturated heterocycles. The molecule has 14 rings (SSSR count). The number of nitrogens with zero attached hydrogens (tertiary/aromatic N) is 6. The van der Waals surface area contributed by atoms with Crippen molar-refractivity contribution in [2.45, 2.75) is 113 Å². The summed E-state index contributed by atoms with van der Waals surface area (Å²) in [4.78, 5) is 43.2. The first-order valence-corrected chi connectivity index (χ1v) is 31.3. The van der Waals surface area contributed by atoms with Gasteiger partial charge in [0.05, 0.1) is 58.5 Å². The number of carbonyl (C=O) groups excluding carboxylic acids is 1. The maximum Gasteiger partial charge on any atom is 0.297 e. The zero-order chi connectivity index (χ0) is 58.3. The third kappa shape index (κ3) is 10.3. The van der Waals surface area contributed by atoms with Crippen LogP contribution in [-0.2, 0) is 25.9 Å². The van der Waals surface area contributed by atoms with Crippen LogP contribution in [0.25, 0.3) is 11.0 Å². The Bertz CT molecular complexity index is 3700. The van der Waals surface area contributed by atoms with Crippen LogP contribution in [0.5, 0.6) is 23.1 Å². The van der Waals surface area contributed by atoms with Gasteiger partial charge in [-0.25, -0.2) is 21.9 Å². The molecule has 2 aromatic heterocycles. The van der Waals surface area contributed by atoms with Gasteiger partial charge < -0.3 is 53.4 Å². The van der Waals surface area contributed by atoms with Gasteiger partial charge in [-0.1, -0.05) is 18.2 Å². The van der Waals surface area contributed by atoms with Crippen LogP contribution in [-0.4, -0.2) is 137 Å². The molecule has 4 aromatic carbocycles. The number of benzene rings is 4. The molecule has 0 radical (unpaired) electrons. The second-order valence-corrected chi connectivity index (χ2v) is 26.0. The van der Waals surface area contributed by atoms with Crippen molar-refractivity contribution in [2.75, 3.05) is 92.4 Å². The van der Waals surface area contributed by atoms with E-state index < -0.39 is 49.2 Å². The zero-order valence-corrected chi connectivity index (χ0v) is 48.3. The molecule has 8 aliphatic rings. The largest absolute Gasteiger partial charge is 0.493 e. The molecular formula is C62H69F2N9O11S. The van der Waals surface area contributed by atoms with Crippen LogP contribution in [0.1, 0.15) is 92.7 Å². The molecule has 0 unspecified atom stereocenters. The lowest BCUT2D eigenvalue weighted by Gasteiger charge is -2.58. The number of piperazine rings is 1. The van der Waals surface area contributed by atoms with E-state index in [0.29, 0.717) is 107 Å². The summed E-state index contributed by atoms with van der Waals surface area (Å²) >= 11 is 0. The van der Waals surface area contributed by atoms with Crippen molar-refractivity contribution in [2.24, 2.45) is 11.3 Å². The average molecular weight is 1190 g/mol. The summed E-state index contributed by atoms with van der Waals surface area (Å²) in [5.41, 5.74) is 3.62. The highest BCUT2D eigenvalue weighted by Crippen LogP contribution is 2.55. The molecule has 4 atom stereocenters. The van der Waals surface area contributed by atoms with Gasteiger partial charge >= 0.3 is 0 Å². The van der Waals surface area contributed by atoms with Gasteiger partial charge in [0.2, 0.25) is 5.88 Å². The Balaban J connectivity index is 0.743. The fourth-order valence-corrected chi connectivity index (χ4v) is 15.6. The number of carbonyl (C=O) groups is 1. The Hall–Kier alpha value is -7.47. The van der Waals surface area contributed by atoms with Crippen molar-refractivity contribution in [1.29, 1.82) is 0 Å². The second kappa shape index (κ2) is 22.1. The monoisotopic (exact) mass is 1190 g/mol. The minimum atomic E-state index is -4.75. The van der Waals surface area contributed by atoms with E-state index >= 15 is 8.78 Å². The lowest BCUT2D eigenvalue weighted by molar-refractivity contribution is -0.384. The molecule has 448 valence electrons. The average Bonchev–Trinajstić information content (AvgIpc) is 3.76. The Morgan fingerprint density at radius 3 is 2.52 bits per heavy atom. The number of rotatable bonds is 12. The first-order valence-electron chi connectivity index (χ1n) is 29.8. The number of fused-ring (bicyclic) bond motifs is 5. The molecule has 0 bridgehead atoms. The molecule has 7 aliphatic heterocycles. The van der Waals surface area contributed by atoms with E-state index in [1.807, 2.05) is 66.1 Å². The smallest absolute Gasteiger partial charge is 0.297 e. The maximum atomic E-state index is 16.4. The summed E-state index contributed by atoms with van der Waals surface area (Å²) in [5.74, 6) is -0.570. The number of halogens is 2. The van der Waals surface area contributed by atoms with Crippen molar-refractivity contribution in [3.63, 3.8) is 0 Å². The number of nitrogens with one attached hydrogen (secondary N) is 3. The van der Waals surface area contributed by atoms with Crippen molar-refractivity contribution in [1.82, 2.24) is 19.6 Å². The number of hydrogen-bond acceptors (Lipinski definition) is 17. The lowest BCUT2D eigenvalue weighted by Crippen LogP contribution is -2.60. The highest BCUT2D eigenvalue weighted by Gasteiger charge is 2.51. The van der Waals surface area contributed by atoms with Crippen molar-refractivity contribution in [3.8, 4) is 23.1 Å². The summed E-state index contributed by atoms with van der Waals surface area (Å²) in [6.07, 6.45) is 8.11. The van der Waals surface area contributed by atoms with E-state index in [4.69, 9.17) is 33.4 Å². The summed E-state index contributed by atoms with van der Waals surface area (Å²) in [6, 6.07) is 20.3. The number of nitro benzene ring substituents is 1. The Morgan fingerprint density at radius 2 is 1.71 bits per heavy atom. The molecule has 1 aliphatic carbocycles. The number of H-pyrrole nitrogens is 1. The topological polar surface area (TPSA) is 215 Å². The standard InChI is InChI=1S/C62H69F2N9O11S/c1-36(2)83-52-8-4-3-6-42(52)51-33-70(58-45(63)30-53-44(56(58)64)7-5-22-81-53)20-21-71(51)40-31-62(32-40)15-18-69(19-16-62)39-9-10-43(48(27-39)72-47-14-25-80-35-55(47)84-61-50(72)26-38-11-17-65-59(38)67-61)60(74)68-85(77,78)41-28-49(73(75)76)57-54(29-41)82-34-46(66-57)37-12-23-79-24-13-37/h3-4,6,8-11,17,26-30,36-37,40,46-47,51,55,66H,5,7,12-16,18-25,31-35H2,1-2H3,(H,65,67)(H,68,74)/t46-,47-,51-,55-/m0/s1. The number of aromatic nitrogens is 2. The number of hydrogen-bond donors (Lipinski definition) is 3. The molecule has 85 heavy (non-hydrogen) atoms. The van der Waals surface area contributed by atoms with Crippen LogP contribution >= 0.6 is 0 Å². The van der Waals surface area contributed by atoms with Gasteiger partial charge in [0.15, 0.2) is 23.1 Å². The zero-order valence-electron chi connectivity index (χ0n) is 47.5. The molecule has 9 heterocycles. The third-order valence-electron chi connectivity index (χ3n) is 18.9. The second-order valence-electron chi connectivity index (χ2n) is 24.3. The summed E-state index contributed by atoms with van der Waals surface area (Å²) in [5, 5.41) is 16.7. The summed E-state index contributed by atoms with van der Waals surface area (Å²) in [7, 11) is -4.75. The van der Waals surface area contributed by atoms with Gasteiger partial charge in [0.25, 0.3) is 21.6 Å². The number of ether oxygens (including phenoxy) is 6. The van der Waals surface area contributed by atoms with Gasteiger partial charge in [-0.15, -0.1) is 0 Å². The normalized spacial score (nSPS) is 23.3. The maximum absolute atomic E-state index is 16.4. The molecule has 1 spiro atoms. The molecule has 20 nitrogen and oxygen atoms in total. The predicted molar refractivity (Wildman–Crippen MR) is 313 cm³/mol. The number of anilines is 5. The SMILES string of the molecule is CC(C)Oc1ccccc1[C@@H]1CN(c2c(F)cc3c(c2F)CCCO3)CCN1C1CC2(CCN(c3ccc(C(=O)NS(=O)(=O)c4cc5c(c([N+](=O)[O-])c4)N[C@H](C4CCOCC4)CO5)c(N4c5cc6cc[nH]c6nc5O[C@H]5COCC[C@@H]54)c3)CC2)C1. The predicted octanol–water partition coefficient (Wildman–Crippen LogP) is 9.58. The fourth-order valence-electron chi connectivity index (χ4n) is 14.6. The van der Waals surface area contributed by atoms with Gasteiger partial charge in [-0.05, 0) is 119 Å². The van der Waals surface area contributed by atoms with Crippen LogP contribution < -0.4 is 43.7 Å². The fraction of sp³-hybridized carbons (Fsp3) is 0.484. The number of pyridine rings is 1. The van der Waals surface area contributed by atoms with Gasteiger partial charge in [-0.2, -0.15) is 4.98 Å². The van der Waals surface area contributed by atoms with E-state index in [1.165, 1.54) is 12.1 Å². The first-order chi connectivity index (χ1) is 41.2. The quantitative estimate of drug-likeness (QED) is 0.0768. The minimum Gasteiger partial charge on any atom is -0.493 e. The number of nitro groups is 1. The number of piperidine rings is 1. The number of aromatic amines is 1. The highest BCUT2D eigenvalue weighted by atomic mass is 32.2. The van der Waals surface area contributed by atoms with Crippen LogP contribution in [0.15, 0.2) is 83.9 Å². The van der Waals surface area contributed by atoms with E-state index in [-0.39, 0.29) is 83.3 Å². The molecule has 23 heteroatoms. The van der Waals surface area contributed by atoms with Gasteiger partial charge in [0, 0.05) is 105 Å². The summed E-state index contributed by atoms with van der Waals surface area (Å²) in [6.45, 7) is 9.27. The molecule has 1 amide bonds. The van der Waals surface area contributed by atoms with E-state index in [2.05, 4.69) is 30.9 Å². The number of sulfonamides is 1. The third-order valence-corrected chi connectivity index (χ3v) is 20.2. The highest BCUT2D eigenvalue weighted by molar-refractivity contribution is 7.90.